The van der Waals surface area contributed by atoms with Gasteiger partial charge in [-0.2, -0.15) is 11.3 Å². The summed E-state index contributed by atoms with van der Waals surface area (Å²) >= 11 is 1.55. The molecule has 0 bridgehead atoms. The highest BCUT2D eigenvalue weighted by atomic mass is 32.2. The van der Waals surface area contributed by atoms with E-state index in [1.807, 2.05) is 35.8 Å². The van der Waals surface area contributed by atoms with E-state index in [1.165, 1.54) is 0 Å². The summed E-state index contributed by atoms with van der Waals surface area (Å²) in [6, 6.07) is 4.77. The first kappa shape index (κ1) is 21.5. The lowest BCUT2D eigenvalue weighted by atomic mass is 10.1. The van der Waals surface area contributed by atoms with Crippen LogP contribution in [0, 0.1) is 5.82 Å². The number of nitrogens with zero attached hydrogens (tertiary/aromatic N) is 1. The number of likely N-dealkylation sites (N-methyl/N-ethyl adjacent to an activating group) is 1. The Morgan fingerprint density at radius 1 is 1.26 bits per heavy atom. The van der Waals surface area contributed by atoms with Crippen LogP contribution in [-0.2, 0) is 10.0 Å². The molecule has 148 valence electrons. The van der Waals surface area contributed by atoms with Gasteiger partial charge in [-0.25, -0.2) is 17.5 Å². The highest BCUT2D eigenvalue weighted by Gasteiger charge is 2.21. The quantitative estimate of drug-likeness (QED) is 0.697. The first-order valence-electron chi connectivity index (χ1n) is 8.40. The van der Waals surface area contributed by atoms with Crippen LogP contribution in [0.5, 0.6) is 0 Å². The molecule has 1 aromatic heterocycles. The van der Waals surface area contributed by atoms with E-state index >= 15 is 0 Å². The van der Waals surface area contributed by atoms with E-state index in [4.69, 9.17) is 0 Å². The molecule has 0 aliphatic carbocycles. The number of nitrogens with one attached hydrogen (secondary N) is 2. The van der Waals surface area contributed by atoms with Crippen LogP contribution in [0.1, 0.15) is 35.8 Å². The van der Waals surface area contributed by atoms with Gasteiger partial charge < -0.3 is 10.2 Å². The van der Waals surface area contributed by atoms with Crippen LogP contribution < -0.4 is 10.0 Å². The van der Waals surface area contributed by atoms with Crippen molar-refractivity contribution in [1.82, 2.24) is 14.9 Å². The molecule has 6 nitrogen and oxygen atoms in total. The molecule has 9 heteroatoms. The average molecular weight is 414 g/mol. The van der Waals surface area contributed by atoms with Crippen molar-refractivity contribution < 1.29 is 17.6 Å². The summed E-state index contributed by atoms with van der Waals surface area (Å²) < 4.78 is 41.1. The fourth-order valence-electron chi connectivity index (χ4n) is 2.57. The van der Waals surface area contributed by atoms with E-state index in [2.05, 4.69) is 10.0 Å². The van der Waals surface area contributed by atoms with Crippen LogP contribution in [0.15, 0.2) is 39.9 Å². The fourth-order valence-corrected chi connectivity index (χ4v) is 4.56. The standard InChI is InChI=1S/C18H24FN3O3S2/c1-12(2)21-27(24,25)14-5-6-16(19)15(9-14)18(23)20-10-17(22(3)4)13-7-8-26-11-13/h5-9,11-12,17,21H,10H2,1-4H3,(H,20,23). The van der Waals surface area contributed by atoms with Gasteiger partial charge in [-0.3, -0.25) is 4.79 Å². The van der Waals surface area contributed by atoms with Gasteiger partial charge in [0.05, 0.1) is 16.5 Å². The normalized spacial score (nSPS) is 13.1. The summed E-state index contributed by atoms with van der Waals surface area (Å²) in [7, 11) is -0.0385. The zero-order valence-corrected chi connectivity index (χ0v) is 17.3. The first-order chi connectivity index (χ1) is 12.6. The minimum absolute atomic E-state index is 0.0715. The van der Waals surface area contributed by atoms with Gasteiger partial charge in [0, 0.05) is 12.6 Å². The average Bonchev–Trinajstić information content (AvgIpc) is 3.07. The monoisotopic (exact) mass is 413 g/mol. The molecule has 0 spiro atoms. The van der Waals surface area contributed by atoms with Crippen LogP contribution in [0.4, 0.5) is 4.39 Å². The summed E-state index contributed by atoms with van der Waals surface area (Å²) in [5, 5.41) is 6.63. The molecule has 0 fully saturated rings. The van der Waals surface area contributed by atoms with Crippen molar-refractivity contribution in [2.75, 3.05) is 20.6 Å². The summed E-state index contributed by atoms with van der Waals surface area (Å²) in [6.45, 7) is 3.63. The molecule has 1 heterocycles. The lowest BCUT2D eigenvalue weighted by molar-refractivity contribution is 0.0937. The molecule has 1 unspecified atom stereocenters. The second-order valence-corrected chi connectivity index (χ2v) is 9.16. The van der Waals surface area contributed by atoms with Crippen LogP contribution in [0.2, 0.25) is 0 Å². The summed E-state index contributed by atoms with van der Waals surface area (Å²) in [5.41, 5.74) is 0.743. The SMILES string of the molecule is CC(C)NS(=O)(=O)c1ccc(F)c(C(=O)NCC(c2ccsc2)N(C)C)c1. The lowest BCUT2D eigenvalue weighted by Gasteiger charge is -2.24. The number of halogens is 1. The van der Waals surface area contributed by atoms with Gasteiger partial charge in [0.25, 0.3) is 5.91 Å². The molecular weight excluding hydrogens is 389 g/mol. The van der Waals surface area contributed by atoms with Crippen LogP contribution >= 0.6 is 11.3 Å². The number of benzene rings is 1. The van der Waals surface area contributed by atoms with Crippen LogP contribution in [0.3, 0.4) is 0 Å². The van der Waals surface area contributed by atoms with E-state index in [0.29, 0.717) is 0 Å². The van der Waals surface area contributed by atoms with Crippen molar-refractivity contribution in [2.45, 2.75) is 30.8 Å². The number of amides is 1. The number of carbonyl (C=O) groups is 1. The van der Waals surface area contributed by atoms with Gasteiger partial charge in [0.1, 0.15) is 5.82 Å². The Morgan fingerprint density at radius 2 is 1.96 bits per heavy atom. The number of rotatable bonds is 8. The Kier molecular flexibility index (Phi) is 7.10. The minimum atomic E-state index is -3.82. The molecule has 2 N–H and O–H groups in total. The second kappa shape index (κ2) is 8.92. The van der Waals surface area contributed by atoms with E-state index in [1.54, 1.807) is 25.2 Å². The topological polar surface area (TPSA) is 78.5 Å². The highest BCUT2D eigenvalue weighted by molar-refractivity contribution is 7.89. The second-order valence-electron chi connectivity index (χ2n) is 6.66. The smallest absolute Gasteiger partial charge is 0.254 e. The maximum atomic E-state index is 14.1. The van der Waals surface area contributed by atoms with Crippen molar-refractivity contribution in [2.24, 2.45) is 0 Å². The summed E-state index contributed by atoms with van der Waals surface area (Å²) in [4.78, 5) is 14.3. The number of hydrogen-bond acceptors (Lipinski definition) is 5. The molecule has 1 aromatic carbocycles. The predicted molar refractivity (Wildman–Crippen MR) is 105 cm³/mol. The Balaban J connectivity index is 2.19. The minimum Gasteiger partial charge on any atom is -0.350 e. The van der Waals surface area contributed by atoms with Crippen molar-refractivity contribution in [3.8, 4) is 0 Å². The van der Waals surface area contributed by atoms with Gasteiger partial charge in [0.2, 0.25) is 10.0 Å². The van der Waals surface area contributed by atoms with Gasteiger partial charge in [-0.05, 0) is 68.5 Å². The Hall–Kier alpha value is -1.81. The molecule has 2 rings (SSSR count). The summed E-state index contributed by atoms with van der Waals surface area (Å²) in [6.07, 6.45) is 0. The van der Waals surface area contributed by atoms with Gasteiger partial charge >= 0.3 is 0 Å². The summed E-state index contributed by atoms with van der Waals surface area (Å²) in [5.74, 6) is -1.43. The number of sulfonamides is 1. The zero-order chi connectivity index (χ0) is 20.2. The lowest BCUT2D eigenvalue weighted by Crippen LogP contribution is -2.35. The molecule has 0 radical (unpaired) electrons. The van der Waals surface area contributed by atoms with Crippen molar-refractivity contribution >= 4 is 27.3 Å². The third kappa shape index (κ3) is 5.58. The van der Waals surface area contributed by atoms with E-state index in [-0.39, 0.29) is 29.1 Å². The van der Waals surface area contributed by atoms with Crippen molar-refractivity contribution in [3.05, 3.63) is 52.0 Å². The number of thiophene rings is 1. The van der Waals surface area contributed by atoms with Gasteiger partial charge in [-0.1, -0.05) is 0 Å². The Labute approximate surface area is 163 Å². The molecule has 1 amide bonds. The largest absolute Gasteiger partial charge is 0.350 e. The maximum Gasteiger partial charge on any atom is 0.254 e. The molecule has 1 atom stereocenters. The molecule has 0 aliphatic rings. The fraction of sp³-hybridized carbons (Fsp3) is 0.389. The van der Waals surface area contributed by atoms with Crippen molar-refractivity contribution in [1.29, 1.82) is 0 Å². The highest BCUT2D eigenvalue weighted by Crippen LogP contribution is 2.21. The molecular formula is C18H24FN3O3S2. The molecule has 0 saturated heterocycles. The predicted octanol–water partition coefficient (Wildman–Crippen LogP) is 2.61. The molecule has 27 heavy (non-hydrogen) atoms. The third-order valence-corrected chi connectivity index (χ3v) is 6.25. The van der Waals surface area contributed by atoms with Crippen LogP contribution in [-0.4, -0.2) is 45.9 Å². The first-order valence-corrected chi connectivity index (χ1v) is 10.8. The maximum absolute atomic E-state index is 14.1. The molecule has 0 saturated carbocycles. The van der Waals surface area contributed by atoms with Crippen LogP contribution in [0.25, 0.3) is 0 Å². The molecule has 2 aromatic rings. The Morgan fingerprint density at radius 3 is 2.52 bits per heavy atom. The molecule has 0 aliphatic heterocycles. The Bertz CT molecular complexity index is 881. The van der Waals surface area contributed by atoms with Gasteiger partial charge in [-0.15, -0.1) is 0 Å². The number of hydrogen-bond donors (Lipinski definition) is 2. The number of carbonyl (C=O) groups excluding carboxylic acids is 1. The third-order valence-electron chi connectivity index (χ3n) is 3.89. The van der Waals surface area contributed by atoms with E-state index < -0.39 is 21.7 Å². The van der Waals surface area contributed by atoms with E-state index in [0.717, 1.165) is 23.8 Å². The van der Waals surface area contributed by atoms with E-state index in [9.17, 15) is 17.6 Å². The van der Waals surface area contributed by atoms with Gasteiger partial charge in [0.15, 0.2) is 0 Å². The van der Waals surface area contributed by atoms with Crippen molar-refractivity contribution in [3.63, 3.8) is 0 Å². The zero-order valence-electron chi connectivity index (χ0n) is 15.7.